The molecule has 1 saturated carbocycles. The molecule has 0 aromatic heterocycles. The van der Waals surface area contributed by atoms with E-state index in [4.69, 9.17) is 0 Å². The summed E-state index contributed by atoms with van der Waals surface area (Å²) < 4.78 is 0. The van der Waals surface area contributed by atoms with E-state index in [2.05, 4.69) is 19.2 Å². The molecule has 1 aromatic carbocycles. The van der Waals surface area contributed by atoms with Gasteiger partial charge in [0.1, 0.15) is 6.04 Å². The average molecular weight is 317 g/mol. The lowest BCUT2D eigenvalue weighted by molar-refractivity contribution is -0.142. The first-order chi connectivity index (χ1) is 11.0. The molecule has 1 aromatic rings. The topological polar surface area (TPSA) is 66.4 Å². The van der Waals surface area contributed by atoms with Gasteiger partial charge in [0.25, 0.3) is 0 Å². The van der Waals surface area contributed by atoms with E-state index in [9.17, 15) is 14.7 Å². The van der Waals surface area contributed by atoms with E-state index in [0.717, 1.165) is 31.2 Å². The summed E-state index contributed by atoms with van der Waals surface area (Å²) in [6.07, 6.45) is 4.18. The molecule has 0 aliphatic heterocycles. The number of carboxylic acid groups (broad SMARTS) is 1. The zero-order valence-electron chi connectivity index (χ0n) is 14.0. The average Bonchev–Trinajstić information content (AvgIpc) is 2.55. The van der Waals surface area contributed by atoms with E-state index in [1.807, 2.05) is 30.3 Å². The molecule has 0 saturated heterocycles. The van der Waals surface area contributed by atoms with Crippen molar-refractivity contribution in [2.24, 2.45) is 17.8 Å². The van der Waals surface area contributed by atoms with Crippen LogP contribution in [0.4, 0.5) is 0 Å². The minimum absolute atomic E-state index is 0.0392. The van der Waals surface area contributed by atoms with Gasteiger partial charge in [-0.3, -0.25) is 4.79 Å². The van der Waals surface area contributed by atoms with Crippen LogP contribution >= 0.6 is 0 Å². The third kappa shape index (κ3) is 5.08. The highest BCUT2D eigenvalue weighted by molar-refractivity contribution is 5.85. The molecule has 1 aliphatic rings. The van der Waals surface area contributed by atoms with Crippen LogP contribution in [0.25, 0.3) is 0 Å². The Balaban J connectivity index is 1.90. The highest BCUT2D eigenvalue weighted by Crippen LogP contribution is 2.33. The highest BCUT2D eigenvalue weighted by Gasteiger charge is 2.30. The van der Waals surface area contributed by atoms with Gasteiger partial charge in [0.05, 0.1) is 0 Å². The van der Waals surface area contributed by atoms with Crippen molar-refractivity contribution < 1.29 is 14.7 Å². The number of hydrogen-bond acceptors (Lipinski definition) is 2. The first-order valence-electron chi connectivity index (χ1n) is 8.54. The molecule has 2 rings (SSSR count). The van der Waals surface area contributed by atoms with Crippen molar-refractivity contribution in [2.75, 3.05) is 0 Å². The van der Waals surface area contributed by atoms with E-state index >= 15 is 0 Å². The molecule has 126 valence electrons. The predicted molar refractivity (Wildman–Crippen MR) is 90.0 cm³/mol. The van der Waals surface area contributed by atoms with Crippen LogP contribution in [0.15, 0.2) is 30.3 Å². The zero-order valence-corrected chi connectivity index (χ0v) is 14.0. The number of nitrogens with one attached hydrogen (secondary N) is 1. The Hall–Kier alpha value is -1.84. The lowest BCUT2D eigenvalue weighted by Crippen LogP contribution is -2.45. The van der Waals surface area contributed by atoms with Gasteiger partial charge >= 0.3 is 5.97 Å². The lowest BCUT2D eigenvalue weighted by atomic mass is 9.76. The van der Waals surface area contributed by atoms with Gasteiger partial charge in [-0.2, -0.15) is 0 Å². The number of rotatable bonds is 6. The van der Waals surface area contributed by atoms with Crippen molar-refractivity contribution in [3.8, 4) is 0 Å². The van der Waals surface area contributed by atoms with Crippen LogP contribution in [0.3, 0.4) is 0 Å². The molecule has 0 unspecified atom stereocenters. The maximum absolute atomic E-state index is 12.4. The third-order valence-electron chi connectivity index (χ3n) is 4.98. The molecule has 1 aliphatic carbocycles. The first-order valence-corrected chi connectivity index (χ1v) is 8.54. The number of carboxylic acids is 1. The van der Waals surface area contributed by atoms with Crippen LogP contribution in [0, 0.1) is 17.8 Å². The molecule has 4 nitrogen and oxygen atoms in total. The molecule has 4 heteroatoms. The summed E-state index contributed by atoms with van der Waals surface area (Å²) in [4.78, 5) is 23.9. The Morgan fingerprint density at radius 3 is 2.26 bits per heavy atom. The van der Waals surface area contributed by atoms with Gasteiger partial charge in [0.2, 0.25) is 5.91 Å². The number of carbonyl (C=O) groups excluding carboxylic acids is 1. The first kappa shape index (κ1) is 17.5. The second kappa shape index (κ2) is 8.14. The number of carbonyl (C=O) groups is 2. The van der Waals surface area contributed by atoms with Gasteiger partial charge < -0.3 is 10.4 Å². The number of benzene rings is 1. The molecule has 0 spiro atoms. The molecule has 0 radical (unpaired) electrons. The Kier molecular flexibility index (Phi) is 6.20. The van der Waals surface area contributed by atoms with Gasteiger partial charge in [0, 0.05) is 12.3 Å². The zero-order chi connectivity index (χ0) is 16.8. The summed E-state index contributed by atoms with van der Waals surface area (Å²) in [6.45, 7) is 4.46. The molecule has 0 heterocycles. The summed E-state index contributed by atoms with van der Waals surface area (Å²) >= 11 is 0. The molecular formula is C19H27NO3. The minimum atomic E-state index is -0.974. The Morgan fingerprint density at radius 2 is 1.74 bits per heavy atom. The number of hydrogen-bond donors (Lipinski definition) is 2. The summed E-state index contributed by atoms with van der Waals surface area (Å²) in [5.74, 6) is 0.235. The monoisotopic (exact) mass is 317 g/mol. The smallest absolute Gasteiger partial charge is 0.326 e. The second-order valence-corrected chi connectivity index (χ2v) is 6.94. The number of amides is 1. The molecular weight excluding hydrogens is 290 g/mol. The van der Waals surface area contributed by atoms with E-state index < -0.39 is 12.0 Å². The van der Waals surface area contributed by atoms with Crippen molar-refractivity contribution in [3.63, 3.8) is 0 Å². The van der Waals surface area contributed by atoms with Gasteiger partial charge in [-0.05, 0) is 43.1 Å². The molecule has 23 heavy (non-hydrogen) atoms. The quantitative estimate of drug-likeness (QED) is 0.846. The fourth-order valence-corrected chi connectivity index (χ4v) is 3.39. The van der Waals surface area contributed by atoms with E-state index in [1.54, 1.807) is 0 Å². The van der Waals surface area contributed by atoms with Crippen LogP contribution in [-0.4, -0.2) is 23.0 Å². The van der Waals surface area contributed by atoms with E-state index in [1.165, 1.54) is 0 Å². The second-order valence-electron chi connectivity index (χ2n) is 6.94. The summed E-state index contributed by atoms with van der Waals surface area (Å²) in [6, 6.07) is 8.57. The SMILES string of the molecule is CC(C)C1CCC(C(=O)N[C@@H](Cc2ccccc2)C(=O)O)CC1. The van der Waals surface area contributed by atoms with Gasteiger partial charge in [-0.1, -0.05) is 44.2 Å². The lowest BCUT2D eigenvalue weighted by Gasteiger charge is -2.30. The van der Waals surface area contributed by atoms with Crippen molar-refractivity contribution in [3.05, 3.63) is 35.9 Å². The van der Waals surface area contributed by atoms with Gasteiger partial charge in [-0.25, -0.2) is 4.79 Å². The van der Waals surface area contributed by atoms with Crippen LogP contribution in [0.5, 0.6) is 0 Å². The summed E-state index contributed by atoms with van der Waals surface area (Å²) in [7, 11) is 0. The van der Waals surface area contributed by atoms with Crippen molar-refractivity contribution in [2.45, 2.75) is 52.0 Å². The summed E-state index contributed by atoms with van der Waals surface area (Å²) in [5, 5.41) is 12.1. The molecule has 0 bridgehead atoms. The minimum Gasteiger partial charge on any atom is -0.480 e. The van der Waals surface area contributed by atoms with Gasteiger partial charge in [0.15, 0.2) is 0 Å². The fourth-order valence-electron chi connectivity index (χ4n) is 3.39. The predicted octanol–water partition coefficient (Wildman–Crippen LogP) is 3.26. The molecule has 2 N–H and O–H groups in total. The van der Waals surface area contributed by atoms with Crippen LogP contribution < -0.4 is 5.32 Å². The normalized spacial score (nSPS) is 22.6. The molecule has 1 atom stereocenters. The fraction of sp³-hybridized carbons (Fsp3) is 0.579. The van der Waals surface area contributed by atoms with Gasteiger partial charge in [-0.15, -0.1) is 0 Å². The largest absolute Gasteiger partial charge is 0.480 e. The summed E-state index contributed by atoms with van der Waals surface area (Å²) in [5.41, 5.74) is 0.920. The van der Waals surface area contributed by atoms with E-state index in [0.29, 0.717) is 18.3 Å². The molecule has 1 fully saturated rings. The van der Waals surface area contributed by atoms with Crippen molar-refractivity contribution in [1.82, 2.24) is 5.32 Å². The van der Waals surface area contributed by atoms with E-state index in [-0.39, 0.29) is 11.8 Å². The van der Waals surface area contributed by atoms with Crippen molar-refractivity contribution in [1.29, 1.82) is 0 Å². The van der Waals surface area contributed by atoms with Crippen LogP contribution in [-0.2, 0) is 16.0 Å². The standard InChI is InChI=1S/C19H27NO3/c1-13(2)15-8-10-16(11-9-15)18(21)20-17(19(22)23)12-14-6-4-3-5-7-14/h3-7,13,15-17H,8-12H2,1-2H3,(H,20,21)(H,22,23)/t15?,16?,17-/m0/s1. The van der Waals surface area contributed by atoms with Crippen molar-refractivity contribution >= 4 is 11.9 Å². The third-order valence-corrected chi connectivity index (χ3v) is 4.98. The van der Waals surface area contributed by atoms with Crippen LogP contribution in [0.2, 0.25) is 0 Å². The molecule has 1 amide bonds. The number of aliphatic carboxylic acids is 1. The highest BCUT2D eigenvalue weighted by atomic mass is 16.4. The maximum Gasteiger partial charge on any atom is 0.326 e. The van der Waals surface area contributed by atoms with Crippen LogP contribution in [0.1, 0.15) is 45.1 Å². The maximum atomic E-state index is 12.4. The Morgan fingerprint density at radius 1 is 1.13 bits per heavy atom. The Bertz CT molecular complexity index is 519. The Labute approximate surface area is 138 Å².